The molecule has 2 aliphatic carbocycles. The average Bonchev–Trinajstić information content (AvgIpc) is 3.56. The highest BCUT2D eigenvalue weighted by atomic mass is 16.4. The number of benzene rings is 2. The molecule has 0 heterocycles. The molecule has 2 aliphatic rings. The minimum atomic E-state index is -0.871. The quantitative estimate of drug-likeness (QED) is 0.520. The summed E-state index contributed by atoms with van der Waals surface area (Å²) in [7, 11) is 0. The molecular formula is C27H34N2O2. The van der Waals surface area contributed by atoms with Gasteiger partial charge in [-0.1, -0.05) is 61.0 Å². The Kier molecular flexibility index (Phi) is 7.21. The SMILES string of the molecule is CCC(=Cc1ccccc1)[C@@H]1C[C@H]1N[C@H]1CC[C@H](NCc2ccc(C(=O)O)cc2)CC1. The summed E-state index contributed by atoms with van der Waals surface area (Å²) in [4.78, 5) is 11.0. The highest BCUT2D eigenvalue weighted by Gasteiger charge is 2.40. The number of carbonyl (C=O) groups is 1. The maximum atomic E-state index is 11.0. The molecule has 0 unspecified atom stereocenters. The third kappa shape index (κ3) is 6.05. The van der Waals surface area contributed by atoms with Crippen molar-refractivity contribution >= 4 is 12.0 Å². The van der Waals surface area contributed by atoms with Crippen LogP contribution in [0.5, 0.6) is 0 Å². The Morgan fingerprint density at radius 2 is 1.68 bits per heavy atom. The summed E-state index contributed by atoms with van der Waals surface area (Å²) < 4.78 is 0. The van der Waals surface area contributed by atoms with Gasteiger partial charge in [-0.25, -0.2) is 4.79 Å². The summed E-state index contributed by atoms with van der Waals surface area (Å²) in [5, 5.41) is 16.6. The van der Waals surface area contributed by atoms with Crippen LogP contribution in [0.3, 0.4) is 0 Å². The molecule has 164 valence electrons. The molecule has 2 fully saturated rings. The van der Waals surface area contributed by atoms with Crippen molar-refractivity contribution in [2.75, 3.05) is 0 Å². The zero-order valence-corrected chi connectivity index (χ0v) is 18.4. The van der Waals surface area contributed by atoms with Crippen LogP contribution in [0.15, 0.2) is 60.2 Å². The largest absolute Gasteiger partial charge is 0.478 e. The fraction of sp³-hybridized carbons (Fsp3) is 0.444. The van der Waals surface area contributed by atoms with Crippen molar-refractivity contribution in [1.82, 2.24) is 10.6 Å². The molecule has 2 aromatic rings. The van der Waals surface area contributed by atoms with Crippen LogP contribution in [0.25, 0.3) is 6.08 Å². The van der Waals surface area contributed by atoms with Crippen LogP contribution in [-0.2, 0) is 6.54 Å². The Morgan fingerprint density at radius 1 is 1.00 bits per heavy atom. The standard InChI is InChI=1S/C27H34N2O2/c1-2-21(16-19-6-4-3-5-7-19)25-17-26(25)29-24-14-12-23(13-15-24)28-18-20-8-10-22(11-9-20)27(30)31/h3-11,16,23-26,28-29H,2,12-15,17-18H2,1H3,(H,30,31)/t23-,24-,25-,26+/m0/s1. The number of rotatable bonds is 9. The minimum Gasteiger partial charge on any atom is -0.478 e. The van der Waals surface area contributed by atoms with E-state index in [9.17, 15) is 4.79 Å². The van der Waals surface area contributed by atoms with E-state index in [1.807, 2.05) is 12.1 Å². The molecule has 2 aromatic carbocycles. The van der Waals surface area contributed by atoms with Gasteiger partial charge in [-0.15, -0.1) is 0 Å². The van der Waals surface area contributed by atoms with Gasteiger partial charge in [0.25, 0.3) is 0 Å². The normalized spacial score (nSPS) is 25.9. The monoisotopic (exact) mass is 418 g/mol. The smallest absolute Gasteiger partial charge is 0.335 e. The van der Waals surface area contributed by atoms with Gasteiger partial charge in [-0.05, 0) is 67.7 Å². The van der Waals surface area contributed by atoms with Crippen molar-refractivity contribution in [2.24, 2.45) is 5.92 Å². The number of carboxylic acid groups (broad SMARTS) is 1. The molecule has 2 atom stereocenters. The van der Waals surface area contributed by atoms with Crippen molar-refractivity contribution in [1.29, 1.82) is 0 Å². The molecule has 0 bridgehead atoms. The zero-order valence-electron chi connectivity index (χ0n) is 18.4. The lowest BCUT2D eigenvalue weighted by atomic mass is 9.91. The molecule has 0 radical (unpaired) electrons. The summed E-state index contributed by atoms with van der Waals surface area (Å²) in [5.74, 6) is -0.167. The molecule has 3 N–H and O–H groups in total. The summed E-state index contributed by atoms with van der Waals surface area (Å²) in [6, 6.07) is 19.7. The molecule has 4 rings (SSSR count). The maximum Gasteiger partial charge on any atom is 0.335 e. The van der Waals surface area contributed by atoms with E-state index in [0.717, 1.165) is 18.5 Å². The third-order valence-corrected chi connectivity index (χ3v) is 6.80. The van der Waals surface area contributed by atoms with Crippen LogP contribution in [0.1, 0.15) is 66.9 Å². The van der Waals surface area contributed by atoms with E-state index in [4.69, 9.17) is 5.11 Å². The maximum absolute atomic E-state index is 11.0. The van der Waals surface area contributed by atoms with Gasteiger partial charge in [-0.3, -0.25) is 0 Å². The fourth-order valence-electron chi connectivity index (χ4n) is 4.82. The second-order valence-corrected chi connectivity index (χ2v) is 9.03. The zero-order chi connectivity index (χ0) is 21.6. The number of hydrogen-bond acceptors (Lipinski definition) is 3. The van der Waals surface area contributed by atoms with E-state index in [1.54, 1.807) is 17.7 Å². The lowest BCUT2D eigenvalue weighted by molar-refractivity contribution is 0.0697. The van der Waals surface area contributed by atoms with Crippen molar-refractivity contribution in [3.8, 4) is 0 Å². The van der Waals surface area contributed by atoms with Crippen LogP contribution >= 0.6 is 0 Å². The Hall–Kier alpha value is -2.43. The molecule has 0 aromatic heterocycles. The highest BCUT2D eigenvalue weighted by molar-refractivity contribution is 5.87. The van der Waals surface area contributed by atoms with Crippen molar-refractivity contribution in [3.63, 3.8) is 0 Å². The molecule has 0 spiro atoms. The lowest BCUT2D eigenvalue weighted by Gasteiger charge is -2.30. The minimum absolute atomic E-state index is 0.346. The lowest BCUT2D eigenvalue weighted by Crippen LogP contribution is -2.40. The average molecular weight is 419 g/mol. The number of carboxylic acids is 1. The summed E-state index contributed by atoms with van der Waals surface area (Å²) in [5.41, 5.74) is 4.38. The van der Waals surface area contributed by atoms with E-state index < -0.39 is 5.97 Å². The van der Waals surface area contributed by atoms with Gasteiger partial charge < -0.3 is 15.7 Å². The van der Waals surface area contributed by atoms with E-state index in [1.165, 1.54) is 37.7 Å². The first kappa shape index (κ1) is 21.8. The fourth-order valence-corrected chi connectivity index (χ4v) is 4.82. The molecule has 31 heavy (non-hydrogen) atoms. The van der Waals surface area contributed by atoms with Crippen LogP contribution in [0, 0.1) is 5.92 Å². The molecule has 4 heteroatoms. The second kappa shape index (κ2) is 10.3. The van der Waals surface area contributed by atoms with Crippen molar-refractivity contribution in [2.45, 2.75) is 70.1 Å². The molecule has 0 saturated heterocycles. The second-order valence-electron chi connectivity index (χ2n) is 9.03. The van der Waals surface area contributed by atoms with Gasteiger partial charge in [-0.2, -0.15) is 0 Å². The van der Waals surface area contributed by atoms with Gasteiger partial charge in [0, 0.05) is 24.7 Å². The van der Waals surface area contributed by atoms with E-state index >= 15 is 0 Å². The molecular weight excluding hydrogens is 384 g/mol. The first-order chi connectivity index (χ1) is 15.1. The summed E-state index contributed by atoms with van der Waals surface area (Å²) in [6.45, 7) is 3.08. The number of nitrogens with one attached hydrogen (secondary N) is 2. The molecule has 0 amide bonds. The predicted molar refractivity (Wildman–Crippen MR) is 126 cm³/mol. The van der Waals surface area contributed by atoms with Crippen molar-refractivity contribution < 1.29 is 9.90 Å². The van der Waals surface area contributed by atoms with Gasteiger partial charge >= 0.3 is 5.97 Å². The molecule has 0 aliphatic heterocycles. The molecule has 2 saturated carbocycles. The third-order valence-electron chi connectivity index (χ3n) is 6.80. The van der Waals surface area contributed by atoms with Crippen LogP contribution in [0.4, 0.5) is 0 Å². The Labute approximate surface area is 185 Å². The topological polar surface area (TPSA) is 61.4 Å². The molecule has 4 nitrogen and oxygen atoms in total. The van der Waals surface area contributed by atoms with E-state index in [-0.39, 0.29) is 0 Å². The summed E-state index contributed by atoms with van der Waals surface area (Å²) >= 11 is 0. The highest BCUT2D eigenvalue weighted by Crippen LogP contribution is 2.40. The van der Waals surface area contributed by atoms with Crippen LogP contribution in [-0.4, -0.2) is 29.2 Å². The number of hydrogen-bond donors (Lipinski definition) is 3. The van der Waals surface area contributed by atoms with Gasteiger partial charge in [0.05, 0.1) is 5.56 Å². The van der Waals surface area contributed by atoms with Crippen molar-refractivity contribution in [3.05, 3.63) is 76.9 Å². The first-order valence-electron chi connectivity index (χ1n) is 11.7. The summed E-state index contributed by atoms with van der Waals surface area (Å²) in [6.07, 6.45) is 9.63. The van der Waals surface area contributed by atoms with E-state index in [0.29, 0.717) is 29.6 Å². The number of aromatic carboxylic acids is 1. The van der Waals surface area contributed by atoms with E-state index in [2.05, 4.69) is 54.0 Å². The van der Waals surface area contributed by atoms with Gasteiger partial charge in [0.15, 0.2) is 0 Å². The first-order valence-corrected chi connectivity index (χ1v) is 11.7. The Morgan fingerprint density at radius 3 is 2.32 bits per heavy atom. The Bertz CT molecular complexity index is 883. The van der Waals surface area contributed by atoms with Crippen LogP contribution in [0.2, 0.25) is 0 Å². The van der Waals surface area contributed by atoms with Gasteiger partial charge in [0.1, 0.15) is 0 Å². The van der Waals surface area contributed by atoms with Crippen LogP contribution < -0.4 is 10.6 Å². The predicted octanol–water partition coefficient (Wildman–Crippen LogP) is 5.26. The Balaban J connectivity index is 1.18. The van der Waals surface area contributed by atoms with Gasteiger partial charge in [0.2, 0.25) is 0 Å².